The van der Waals surface area contributed by atoms with Crippen LogP contribution < -0.4 is 4.74 Å². The molecule has 6 nitrogen and oxygen atoms in total. The molecular weight excluding hydrogens is 548 g/mol. The fourth-order valence-electron chi connectivity index (χ4n) is 4.91. The van der Waals surface area contributed by atoms with E-state index in [4.69, 9.17) is 28.4 Å². The van der Waals surface area contributed by atoms with E-state index in [2.05, 4.69) is 24.3 Å². The van der Waals surface area contributed by atoms with Gasteiger partial charge in [-0.2, -0.15) is 0 Å². The van der Waals surface area contributed by atoms with Gasteiger partial charge in [-0.15, -0.1) is 11.8 Å². The second kappa shape index (κ2) is 15.9. The summed E-state index contributed by atoms with van der Waals surface area (Å²) in [7, 11) is 3.31. The standard InChI is InChI=1S/C35H38O6S/c1-36-29-20-18-28(19-21-29)24-38-32-31(25-42-30-16-10-5-11-17-30)41-35(37-2)34(40-23-27-14-8-4-9-15-27)33(32)39-22-26-12-6-3-7-13-26/h3-21,31-35H,22-25H2,1-2H3/t31-,32+,33+,34-,35-/m1/s1. The second-order valence-electron chi connectivity index (χ2n) is 10.0. The van der Waals surface area contributed by atoms with Crippen molar-refractivity contribution in [2.45, 2.75) is 55.4 Å². The summed E-state index contributed by atoms with van der Waals surface area (Å²) in [5, 5.41) is 0. The summed E-state index contributed by atoms with van der Waals surface area (Å²) >= 11 is 1.72. The van der Waals surface area contributed by atoms with Gasteiger partial charge in [0.15, 0.2) is 6.29 Å². The zero-order valence-corrected chi connectivity index (χ0v) is 24.9. The zero-order chi connectivity index (χ0) is 29.0. The van der Waals surface area contributed by atoms with E-state index in [1.54, 1.807) is 26.0 Å². The number of benzene rings is 4. The predicted octanol–water partition coefficient (Wildman–Crippen LogP) is 6.91. The van der Waals surface area contributed by atoms with E-state index in [1.165, 1.54) is 0 Å². The Kier molecular flexibility index (Phi) is 11.5. The van der Waals surface area contributed by atoms with E-state index in [-0.39, 0.29) is 6.10 Å². The molecule has 4 aromatic carbocycles. The van der Waals surface area contributed by atoms with Crippen molar-refractivity contribution in [1.82, 2.24) is 0 Å². The Hall–Kier alpha value is -3.17. The van der Waals surface area contributed by atoms with Crippen LogP contribution in [0.2, 0.25) is 0 Å². The quantitative estimate of drug-likeness (QED) is 0.149. The monoisotopic (exact) mass is 586 g/mol. The maximum atomic E-state index is 6.68. The predicted molar refractivity (Wildman–Crippen MR) is 164 cm³/mol. The zero-order valence-electron chi connectivity index (χ0n) is 24.0. The largest absolute Gasteiger partial charge is 0.497 e. The third kappa shape index (κ3) is 8.44. The van der Waals surface area contributed by atoms with Gasteiger partial charge in [-0.3, -0.25) is 0 Å². The van der Waals surface area contributed by atoms with Crippen molar-refractivity contribution in [3.8, 4) is 5.75 Å². The lowest BCUT2D eigenvalue weighted by molar-refractivity contribution is -0.313. The molecule has 1 heterocycles. The molecule has 0 bridgehead atoms. The van der Waals surface area contributed by atoms with Gasteiger partial charge in [-0.1, -0.05) is 91.0 Å². The summed E-state index contributed by atoms with van der Waals surface area (Å²) < 4.78 is 37.7. The Bertz CT molecular complexity index is 1310. The summed E-state index contributed by atoms with van der Waals surface area (Å²) in [6.07, 6.45) is -2.32. The lowest BCUT2D eigenvalue weighted by Crippen LogP contribution is -2.61. The molecule has 1 saturated heterocycles. The molecule has 1 aliphatic heterocycles. The molecule has 0 aliphatic carbocycles. The van der Waals surface area contributed by atoms with Crippen molar-refractivity contribution >= 4 is 11.8 Å². The summed E-state index contributed by atoms with van der Waals surface area (Å²) in [6, 6.07) is 38.4. The van der Waals surface area contributed by atoms with Gasteiger partial charge in [-0.05, 0) is 41.0 Å². The van der Waals surface area contributed by atoms with E-state index in [9.17, 15) is 0 Å². The van der Waals surface area contributed by atoms with E-state index < -0.39 is 24.6 Å². The average molecular weight is 587 g/mol. The maximum absolute atomic E-state index is 6.68. The summed E-state index contributed by atoms with van der Waals surface area (Å²) in [5.74, 6) is 1.46. The van der Waals surface area contributed by atoms with Gasteiger partial charge < -0.3 is 28.4 Å². The van der Waals surface area contributed by atoms with Gasteiger partial charge in [-0.25, -0.2) is 0 Å². The van der Waals surface area contributed by atoms with Crippen LogP contribution >= 0.6 is 11.8 Å². The van der Waals surface area contributed by atoms with Gasteiger partial charge in [0, 0.05) is 17.8 Å². The van der Waals surface area contributed by atoms with E-state index in [0.29, 0.717) is 25.6 Å². The third-order valence-corrected chi connectivity index (χ3v) is 8.25. The molecule has 7 heteroatoms. The first kappa shape index (κ1) is 30.3. The highest BCUT2D eigenvalue weighted by molar-refractivity contribution is 7.99. The van der Waals surface area contributed by atoms with Crippen LogP contribution in [0.3, 0.4) is 0 Å². The highest BCUT2D eigenvalue weighted by Gasteiger charge is 2.48. The summed E-state index contributed by atoms with van der Waals surface area (Å²) in [4.78, 5) is 1.16. The average Bonchev–Trinajstić information content (AvgIpc) is 3.06. The highest BCUT2D eigenvalue weighted by atomic mass is 32.2. The molecule has 0 spiro atoms. The summed E-state index contributed by atoms with van der Waals surface area (Å²) in [6.45, 7) is 1.20. The molecule has 1 aliphatic rings. The Morgan fingerprint density at radius 2 is 1.07 bits per heavy atom. The van der Waals surface area contributed by atoms with Crippen molar-refractivity contribution in [3.05, 3.63) is 132 Å². The van der Waals surface area contributed by atoms with Gasteiger partial charge in [0.05, 0.1) is 33.0 Å². The number of hydrogen-bond acceptors (Lipinski definition) is 7. The van der Waals surface area contributed by atoms with Gasteiger partial charge in [0.1, 0.15) is 24.1 Å². The minimum Gasteiger partial charge on any atom is -0.497 e. The molecule has 0 aromatic heterocycles. The highest BCUT2D eigenvalue weighted by Crippen LogP contribution is 2.33. The number of thioether (sulfide) groups is 1. The topological polar surface area (TPSA) is 55.4 Å². The van der Waals surface area contributed by atoms with Gasteiger partial charge >= 0.3 is 0 Å². The van der Waals surface area contributed by atoms with Crippen LogP contribution in [0.5, 0.6) is 5.75 Å². The lowest BCUT2D eigenvalue weighted by atomic mass is 9.98. The van der Waals surface area contributed by atoms with E-state index in [1.807, 2.05) is 91.0 Å². The van der Waals surface area contributed by atoms with Crippen molar-refractivity contribution in [3.63, 3.8) is 0 Å². The number of hydrogen-bond donors (Lipinski definition) is 0. The fourth-order valence-corrected chi connectivity index (χ4v) is 5.89. The first-order chi connectivity index (χ1) is 20.7. The molecule has 5 atom stereocenters. The summed E-state index contributed by atoms with van der Waals surface area (Å²) in [5.41, 5.74) is 3.16. The van der Waals surface area contributed by atoms with Gasteiger partial charge in [0.2, 0.25) is 0 Å². The van der Waals surface area contributed by atoms with Crippen molar-refractivity contribution in [1.29, 1.82) is 0 Å². The van der Waals surface area contributed by atoms with Crippen molar-refractivity contribution in [2.75, 3.05) is 20.0 Å². The molecule has 220 valence electrons. The van der Waals surface area contributed by atoms with Crippen molar-refractivity contribution < 1.29 is 28.4 Å². The normalized spacial score (nSPS) is 22.1. The minimum absolute atomic E-state index is 0.309. The fraction of sp³-hybridized carbons (Fsp3) is 0.314. The number of methoxy groups -OCH3 is 2. The molecular formula is C35H38O6S. The van der Waals surface area contributed by atoms with Gasteiger partial charge in [0.25, 0.3) is 0 Å². The second-order valence-corrected chi connectivity index (χ2v) is 11.1. The number of rotatable bonds is 14. The van der Waals surface area contributed by atoms with Crippen LogP contribution in [0.1, 0.15) is 16.7 Å². The molecule has 42 heavy (non-hydrogen) atoms. The first-order valence-electron chi connectivity index (χ1n) is 14.1. The molecule has 0 amide bonds. The first-order valence-corrected chi connectivity index (χ1v) is 15.1. The van der Waals surface area contributed by atoms with Crippen LogP contribution in [0.15, 0.2) is 120 Å². The van der Waals surface area contributed by atoms with Crippen LogP contribution in [-0.2, 0) is 43.5 Å². The maximum Gasteiger partial charge on any atom is 0.186 e. The van der Waals surface area contributed by atoms with E-state index >= 15 is 0 Å². The van der Waals surface area contributed by atoms with Crippen LogP contribution in [0.25, 0.3) is 0 Å². The third-order valence-electron chi connectivity index (χ3n) is 7.15. The Morgan fingerprint density at radius 1 is 0.571 bits per heavy atom. The van der Waals surface area contributed by atoms with Crippen LogP contribution in [0.4, 0.5) is 0 Å². The minimum atomic E-state index is -0.628. The Balaban J connectivity index is 1.41. The van der Waals surface area contributed by atoms with Crippen LogP contribution in [-0.4, -0.2) is 50.7 Å². The SMILES string of the molecule is COc1ccc(CO[C@@H]2[C@H](OCc3ccccc3)[C@@H](OCc3ccccc3)[C@H](OC)O[C@@H]2CSc2ccccc2)cc1. The molecule has 0 N–H and O–H groups in total. The Labute approximate surface area is 252 Å². The molecule has 0 saturated carbocycles. The molecule has 1 fully saturated rings. The smallest absolute Gasteiger partial charge is 0.186 e. The number of ether oxygens (including phenoxy) is 6. The lowest BCUT2D eigenvalue weighted by Gasteiger charge is -2.45. The Morgan fingerprint density at radius 3 is 1.62 bits per heavy atom. The van der Waals surface area contributed by atoms with Crippen LogP contribution in [0, 0.1) is 0 Å². The molecule has 0 unspecified atom stereocenters. The molecule has 5 rings (SSSR count). The van der Waals surface area contributed by atoms with Crippen molar-refractivity contribution in [2.24, 2.45) is 0 Å². The molecule has 4 aromatic rings. The molecule has 0 radical (unpaired) electrons. The van der Waals surface area contributed by atoms with E-state index in [0.717, 1.165) is 27.3 Å².